The summed E-state index contributed by atoms with van der Waals surface area (Å²) in [6.07, 6.45) is 4.08. The third-order valence-electron chi connectivity index (χ3n) is 2.69. The average molecular weight is 244 g/mol. The van der Waals surface area contributed by atoms with Gasteiger partial charge in [-0.25, -0.2) is 4.98 Å². The van der Waals surface area contributed by atoms with E-state index in [0.717, 1.165) is 17.7 Å². The number of aromatic nitrogens is 2. The quantitative estimate of drug-likeness (QED) is 0.708. The Morgan fingerprint density at radius 3 is 3.00 bits per heavy atom. The lowest BCUT2D eigenvalue weighted by molar-refractivity contribution is 0.0955. The number of nitrogen functional groups attached to an aromatic ring is 1. The van der Waals surface area contributed by atoms with E-state index in [1.165, 1.54) is 0 Å². The van der Waals surface area contributed by atoms with Crippen LogP contribution in [-0.2, 0) is 6.42 Å². The number of nitrogens with zero attached hydrogens (tertiary/aromatic N) is 1. The van der Waals surface area contributed by atoms with Crippen LogP contribution in [0.1, 0.15) is 21.6 Å². The normalized spacial score (nSPS) is 10.3. The molecule has 0 bridgehead atoms. The van der Waals surface area contributed by atoms with Crippen LogP contribution in [0.4, 0.5) is 5.69 Å². The molecular weight excluding hydrogens is 228 g/mol. The second-order valence-corrected chi connectivity index (χ2v) is 4.17. The number of H-pyrrole nitrogens is 1. The van der Waals surface area contributed by atoms with Gasteiger partial charge in [-0.15, -0.1) is 0 Å². The first-order chi connectivity index (χ1) is 8.66. The molecular formula is C13H16N4O. The lowest BCUT2D eigenvalue weighted by Crippen LogP contribution is -2.26. The minimum absolute atomic E-state index is 0.146. The molecule has 0 unspecified atom stereocenters. The van der Waals surface area contributed by atoms with Crippen molar-refractivity contribution in [2.24, 2.45) is 0 Å². The maximum atomic E-state index is 11.9. The summed E-state index contributed by atoms with van der Waals surface area (Å²) < 4.78 is 0. The van der Waals surface area contributed by atoms with Crippen molar-refractivity contribution in [2.45, 2.75) is 13.3 Å². The highest BCUT2D eigenvalue weighted by Gasteiger charge is 2.08. The van der Waals surface area contributed by atoms with Gasteiger partial charge in [0, 0.05) is 30.5 Å². The van der Waals surface area contributed by atoms with E-state index in [2.05, 4.69) is 15.3 Å². The molecule has 5 nitrogen and oxygen atoms in total. The van der Waals surface area contributed by atoms with E-state index >= 15 is 0 Å². The molecule has 1 aromatic carbocycles. The van der Waals surface area contributed by atoms with Crippen LogP contribution in [0.15, 0.2) is 30.7 Å². The van der Waals surface area contributed by atoms with Gasteiger partial charge in [0.25, 0.3) is 5.91 Å². The van der Waals surface area contributed by atoms with Gasteiger partial charge in [0.1, 0.15) is 0 Å². The van der Waals surface area contributed by atoms with Crippen LogP contribution in [0.2, 0.25) is 0 Å². The van der Waals surface area contributed by atoms with E-state index < -0.39 is 0 Å². The van der Waals surface area contributed by atoms with Crippen LogP contribution in [-0.4, -0.2) is 22.4 Å². The Bertz CT molecular complexity index is 534. The Morgan fingerprint density at radius 1 is 1.50 bits per heavy atom. The fraction of sp³-hybridized carbons (Fsp3) is 0.231. The second kappa shape index (κ2) is 5.35. The molecule has 5 heteroatoms. The zero-order valence-corrected chi connectivity index (χ0v) is 10.2. The molecule has 0 radical (unpaired) electrons. The van der Waals surface area contributed by atoms with Crippen molar-refractivity contribution in [3.8, 4) is 0 Å². The van der Waals surface area contributed by atoms with Crippen LogP contribution in [0.5, 0.6) is 0 Å². The highest BCUT2D eigenvalue weighted by molar-refractivity contribution is 5.99. The van der Waals surface area contributed by atoms with Gasteiger partial charge >= 0.3 is 0 Å². The van der Waals surface area contributed by atoms with Gasteiger partial charge in [0.2, 0.25) is 0 Å². The molecule has 0 saturated heterocycles. The summed E-state index contributed by atoms with van der Waals surface area (Å²) in [5.41, 5.74) is 8.87. The SMILES string of the molecule is Cc1ccc(C(=O)NCCc2cnc[nH]2)c(N)c1. The molecule has 2 aromatic rings. The molecule has 18 heavy (non-hydrogen) atoms. The van der Waals surface area contributed by atoms with E-state index in [9.17, 15) is 4.79 Å². The van der Waals surface area contributed by atoms with E-state index in [0.29, 0.717) is 17.8 Å². The first-order valence-corrected chi connectivity index (χ1v) is 5.78. The third kappa shape index (κ3) is 2.88. The molecule has 1 heterocycles. The Balaban J connectivity index is 1.91. The molecule has 0 spiro atoms. The summed E-state index contributed by atoms with van der Waals surface area (Å²) in [6.45, 7) is 2.49. The molecule has 2 rings (SSSR count). The number of carbonyl (C=O) groups excluding carboxylic acids is 1. The number of amides is 1. The van der Waals surface area contributed by atoms with Crippen molar-refractivity contribution in [1.29, 1.82) is 0 Å². The van der Waals surface area contributed by atoms with Crippen molar-refractivity contribution >= 4 is 11.6 Å². The number of hydrogen-bond donors (Lipinski definition) is 3. The molecule has 0 saturated carbocycles. The molecule has 0 fully saturated rings. The van der Waals surface area contributed by atoms with Crippen LogP contribution in [0, 0.1) is 6.92 Å². The minimum atomic E-state index is -0.146. The first kappa shape index (κ1) is 12.2. The predicted molar refractivity (Wildman–Crippen MR) is 70.2 cm³/mol. The van der Waals surface area contributed by atoms with Crippen LogP contribution in [0.25, 0.3) is 0 Å². The maximum absolute atomic E-state index is 11.9. The van der Waals surface area contributed by atoms with Gasteiger partial charge in [-0.1, -0.05) is 6.07 Å². The number of hydrogen-bond acceptors (Lipinski definition) is 3. The summed E-state index contributed by atoms with van der Waals surface area (Å²) in [7, 11) is 0. The smallest absolute Gasteiger partial charge is 0.253 e. The number of benzene rings is 1. The van der Waals surface area contributed by atoms with E-state index in [-0.39, 0.29) is 5.91 Å². The fourth-order valence-corrected chi connectivity index (χ4v) is 1.72. The van der Waals surface area contributed by atoms with E-state index in [4.69, 9.17) is 5.73 Å². The molecule has 0 aliphatic heterocycles. The lowest BCUT2D eigenvalue weighted by Gasteiger charge is -2.07. The number of nitrogens with one attached hydrogen (secondary N) is 2. The molecule has 1 amide bonds. The van der Waals surface area contributed by atoms with Gasteiger partial charge in [-0.3, -0.25) is 4.79 Å². The lowest BCUT2D eigenvalue weighted by atomic mass is 10.1. The predicted octanol–water partition coefficient (Wildman–Crippen LogP) is 1.27. The first-order valence-electron chi connectivity index (χ1n) is 5.78. The van der Waals surface area contributed by atoms with Crippen LogP contribution >= 0.6 is 0 Å². The number of nitrogens with two attached hydrogens (primary N) is 1. The maximum Gasteiger partial charge on any atom is 0.253 e. The Morgan fingerprint density at radius 2 is 2.33 bits per heavy atom. The third-order valence-corrected chi connectivity index (χ3v) is 2.69. The number of aryl methyl sites for hydroxylation is 1. The average Bonchev–Trinajstić information content (AvgIpc) is 2.81. The Kier molecular flexibility index (Phi) is 3.62. The summed E-state index contributed by atoms with van der Waals surface area (Å²) >= 11 is 0. The van der Waals surface area contributed by atoms with Crippen molar-refractivity contribution < 1.29 is 4.79 Å². The summed E-state index contributed by atoms with van der Waals surface area (Å²) in [5, 5.41) is 2.83. The van der Waals surface area contributed by atoms with Gasteiger partial charge < -0.3 is 16.0 Å². The zero-order chi connectivity index (χ0) is 13.0. The highest BCUT2D eigenvalue weighted by atomic mass is 16.1. The largest absolute Gasteiger partial charge is 0.398 e. The van der Waals surface area contributed by atoms with Crippen LogP contribution < -0.4 is 11.1 Å². The minimum Gasteiger partial charge on any atom is -0.398 e. The number of anilines is 1. The van der Waals surface area contributed by atoms with E-state index in [1.54, 1.807) is 24.7 Å². The summed E-state index contributed by atoms with van der Waals surface area (Å²) in [4.78, 5) is 18.8. The number of carbonyl (C=O) groups is 1. The van der Waals surface area contributed by atoms with Crippen molar-refractivity contribution in [3.63, 3.8) is 0 Å². The molecule has 94 valence electrons. The Hall–Kier alpha value is -2.30. The fourth-order valence-electron chi connectivity index (χ4n) is 1.72. The summed E-state index contributed by atoms with van der Waals surface area (Å²) in [6, 6.07) is 5.42. The van der Waals surface area contributed by atoms with Crippen molar-refractivity contribution in [3.05, 3.63) is 47.5 Å². The van der Waals surface area contributed by atoms with Gasteiger partial charge in [-0.05, 0) is 24.6 Å². The van der Waals surface area contributed by atoms with Gasteiger partial charge in [0.15, 0.2) is 0 Å². The topological polar surface area (TPSA) is 83.8 Å². The standard InChI is InChI=1S/C13H16N4O/c1-9-2-3-11(12(14)6-9)13(18)16-5-4-10-7-15-8-17-10/h2-3,6-8H,4-5,14H2,1H3,(H,15,17)(H,16,18). The molecule has 0 aliphatic carbocycles. The molecule has 0 atom stereocenters. The summed E-state index contributed by atoms with van der Waals surface area (Å²) in [5.74, 6) is -0.146. The zero-order valence-electron chi connectivity index (χ0n) is 10.2. The van der Waals surface area contributed by atoms with Gasteiger partial charge in [-0.2, -0.15) is 0 Å². The van der Waals surface area contributed by atoms with Crippen molar-refractivity contribution in [1.82, 2.24) is 15.3 Å². The molecule has 0 aliphatic rings. The van der Waals surface area contributed by atoms with Crippen molar-refractivity contribution in [2.75, 3.05) is 12.3 Å². The second-order valence-electron chi connectivity index (χ2n) is 4.17. The number of rotatable bonds is 4. The number of imidazole rings is 1. The van der Waals surface area contributed by atoms with Crippen LogP contribution in [0.3, 0.4) is 0 Å². The van der Waals surface area contributed by atoms with E-state index in [1.807, 2.05) is 13.0 Å². The molecule has 4 N–H and O–H groups in total. The monoisotopic (exact) mass is 244 g/mol. The van der Waals surface area contributed by atoms with Gasteiger partial charge in [0.05, 0.1) is 11.9 Å². The number of aromatic amines is 1. The highest BCUT2D eigenvalue weighted by Crippen LogP contribution is 2.13. The Labute approximate surface area is 105 Å². The molecule has 1 aromatic heterocycles.